The maximum Gasteiger partial charge on any atom is 0.338 e. The number of hydrogen-bond acceptors (Lipinski definition) is 5. The number of amides is 1. The van der Waals surface area contributed by atoms with E-state index in [1.165, 1.54) is 12.3 Å². The topological polar surface area (TPSA) is 79.3 Å². The molecule has 2 heterocycles. The molecule has 0 spiro atoms. The summed E-state index contributed by atoms with van der Waals surface area (Å²) in [5, 5.41) is 14.1. The Hall–Kier alpha value is -1.86. The smallest absolute Gasteiger partial charge is 0.338 e. The minimum atomic E-state index is -1.04. The Morgan fingerprint density at radius 1 is 1.35 bits per heavy atom. The van der Waals surface area contributed by atoms with Gasteiger partial charge in [-0.2, -0.15) is 0 Å². The molecule has 5 nitrogen and oxygen atoms in total. The van der Waals surface area contributed by atoms with Gasteiger partial charge in [0.15, 0.2) is 0 Å². The van der Waals surface area contributed by atoms with Gasteiger partial charge in [-0.05, 0) is 23.6 Å². The summed E-state index contributed by atoms with van der Waals surface area (Å²) in [6, 6.07) is 6.90. The lowest BCUT2D eigenvalue weighted by atomic mass is 10.3. The van der Waals surface area contributed by atoms with Crippen molar-refractivity contribution in [2.24, 2.45) is 0 Å². The number of thiophene rings is 1. The third kappa shape index (κ3) is 4.07. The van der Waals surface area contributed by atoms with E-state index in [2.05, 4.69) is 10.3 Å². The van der Waals surface area contributed by atoms with Crippen LogP contribution in [0.2, 0.25) is 0 Å². The summed E-state index contributed by atoms with van der Waals surface area (Å²) in [5.74, 6) is -1.05. The molecule has 2 rings (SSSR count). The number of pyridine rings is 1. The van der Waals surface area contributed by atoms with E-state index in [-0.39, 0.29) is 17.2 Å². The van der Waals surface area contributed by atoms with Crippen molar-refractivity contribution in [3.05, 3.63) is 46.3 Å². The number of rotatable bonds is 6. The molecule has 0 unspecified atom stereocenters. The Labute approximate surface area is 124 Å². The Bertz CT molecular complexity index is 599. The molecule has 20 heavy (non-hydrogen) atoms. The number of carbonyl (C=O) groups is 2. The van der Waals surface area contributed by atoms with Gasteiger partial charge in [-0.3, -0.25) is 4.79 Å². The van der Waals surface area contributed by atoms with Gasteiger partial charge in [-0.1, -0.05) is 17.8 Å². The van der Waals surface area contributed by atoms with Crippen molar-refractivity contribution in [3.8, 4) is 0 Å². The molecule has 0 atom stereocenters. The van der Waals surface area contributed by atoms with E-state index in [1.54, 1.807) is 17.4 Å². The van der Waals surface area contributed by atoms with E-state index in [0.717, 1.165) is 16.6 Å². The number of aromatic carboxylic acids is 1. The summed E-state index contributed by atoms with van der Waals surface area (Å²) >= 11 is 2.69. The molecule has 104 valence electrons. The molecule has 0 bridgehead atoms. The number of carboxylic acid groups (broad SMARTS) is 1. The number of aromatic nitrogens is 1. The second-order valence-corrected chi connectivity index (χ2v) is 5.80. The number of hydrogen-bond donors (Lipinski definition) is 2. The average Bonchev–Trinajstić information content (AvgIpc) is 2.96. The van der Waals surface area contributed by atoms with Crippen LogP contribution in [0.3, 0.4) is 0 Å². The molecular weight excluding hydrogens is 296 g/mol. The molecule has 2 aromatic heterocycles. The monoisotopic (exact) mass is 308 g/mol. The molecule has 0 fully saturated rings. The van der Waals surface area contributed by atoms with Gasteiger partial charge in [-0.25, -0.2) is 9.78 Å². The second-order valence-electron chi connectivity index (χ2n) is 3.81. The molecule has 1 amide bonds. The summed E-state index contributed by atoms with van der Waals surface area (Å²) in [6.07, 6.45) is 1.51. The highest BCUT2D eigenvalue weighted by atomic mass is 32.2. The van der Waals surface area contributed by atoms with Crippen LogP contribution in [0.4, 0.5) is 0 Å². The van der Waals surface area contributed by atoms with Crippen LogP contribution in [0.5, 0.6) is 0 Å². The van der Waals surface area contributed by atoms with Gasteiger partial charge in [0.1, 0.15) is 5.03 Å². The number of carbonyl (C=O) groups excluding carboxylic acids is 1. The molecule has 0 aliphatic carbocycles. The highest BCUT2D eigenvalue weighted by Gasteiger charge is 2.12. The first-order valence-electron chi connectivity index (χ1n) is 5.77. The Kier molecular flexibility index (Phi) is 5.14. The van der Waals surface area contributed by atoms with Gasteiger partial charge in [0.2, 0.25) is 5.91 Å². The fourth-order valence-electron chi connectivity index (χ4n) is 1.45. The molecule has 0 saturated carbocycles. The van der Waals surface area contributed by atoms with E-state index < -0.39 is 5.97 Å². The molecule has 0 saturated heterocycles. The number of nitrogens with one attached hydrogen (secondary N) is 1. The molecular formula is C13H12N2O3S2. The average molecular weight is 308 g/mol. The van der Waals surface area contributed by atoms with Crippen molar-refractivity contribution in [2.45, 2.75) is 11.6 Å². The van der Waals surface area contributed by atoms with Crippen molar-refractivity contribution < 1.29 is 14.7 Å². The highest BCUT2D eigenvalue weighted by molar-refractivity contribution is 8.00. The standard InChI is InChI=1S/C13H12N2O3S2/c16-11(15-7-9-3-2-6-19-9)8-20-12-10(13(17)18)4-1-5-14-12/h1-6H,7-8H2,(H,15,16)(H,17,18). The van der Waals surface area contributed by atoms with Crippen LogP contribution in [0.1, 0.15) is 15.2 Å². The van der Waals surface area contributed by atoms with Crippen LogP contribution in [0.25, 0.3) is 0 Å². The van der Waals surface area contributed by atoms with Crippen LogP contribution in [-0.2, 0) is 11.3 Å². The minimum Gasteiger partial charge on any atom is -0.478 e. The zero-order valence-electron chi connectivity index (χ0n) is 10.4. The van der Waals surface area contributed by atoms with Crippen LogP contribution in [0, 0.1) is 0 Å². The first kappa shape index (κ1) is 14.5. The molecule has 0 radical (unpaired) electrons. The summed E-state index contributed by atoms with van der Waals surface area (Å²) in [7, 11) is 0. The van der Waals surface area contributed by atoms with E-state index >= 15 is 0 Å². The summed E-state index contributed by atoms with van der Waals surface area (Å²) in [4.78, 5) is 27.7. The van der Waals surface area contributed by atoms with Crippen molar-refractivity contribution in [2.75, 3.05) is 5.75 Å². The lowest BCUT2D eigenvalue weighted by Crippen LogP contribution is -2.24. The second kappa shape index (κ2) is 7.06. The van der Waals surface area contributed by atoms with Crippen molar-refractivity contribution in [1.29, 1.82) is 0 Å². The summed E-state index contributed by atoms with van der Waals surface area (Å²) < 4.78 is 0. The first-order valence-corrected chi connectivity index (χ1v) is 7.63. The quantitative estimate of drug-likeness (QED) is 0.800. The van der Waals surface area contributed by atoms with Crippen LogP contribution < -0.4 is 5.32 Å². The van der Waals surface area contributed by atoms with Crippen LogP contribution in [-0.4, -0.2) is 27.7 Å². The third-order valence-corrected chi connectivity index (χ3v) is 4.26. The summed E-state index contributed by atoms with van der Waals surface area (Å²) in [6.45, 7) is 0.491. The number of thioether (sulfide) groups is 1. The van der Waals surface area contributed by atoms with Crippen LogP contribution in [0.15, 0.2) is 40.9 Å². The van der Waals surface area contributed by atoms with E-state index in [4.69, 9.17) is 5.11 Å². The predicted octanol–water partition coefficient (Wildman–Crippen LogP) is 2.25. The maximum absolute atomic E-state index is 11.7. The van der Waals surface area contributed by atoms with E-state index in [1.807, 2.05) is 17.5 Å². The van der Waals surface area contributed by atoms with Crippen molar-refractivity contribution in [3.63, 3.8) is 0 Å². The molecule has 0 aromatic carbocycles. The lowest BCUT2D eigenvalue weighted by molar-refractivity contribution is -0.118. The van der Waals surface area contributed by atoms with Gasteiger partial charge in [0.25, 0.3) is 0 Å². The van der Waals surface area contributed by atoms with Gasteiger partial charge < -0.3 is 10.4 Å². The zero-order chi connectivity index (χ0) is 14.4. The summed E-state index contributed by atoms with van der Waals surface area (Å²) in [5.41, 5.74) is 0.114. The molecule has 0 aliphatic heterocycles. The van der Waals surface area contributed by atoms with Crippen LogP contribution >= 0.6 is 23.1 Å². The van der Waals surface area contributed by atoms with Gasteiger partial charge in [0, 0.05) is 11.1 Å². The number of nitrogens with zero attached hydrogens (tertiary/aromatic N) is 1. The lowest BCUT2D eigenvalue weighted by Gasteiger charge is -2.05. The molecule has 2 N–H and O–H groups in total. The molecule has 2 aromatic rings. The minimum absolute atomic E-state index is 0.114. The largest absolute Gasteiger partial charge is 0.478 e. The zero-order valence-corrected chi connectivity index (χ0v) is 12.0. The van der Waals surface area contributed by atoms with E-state index in [9.17, 15) is 9.59 Å². The fraction of sp³-hybridized carbons (Fsp3) is 0.154. The van der Waals surface area contributed by atoms with E-state index in [0.29, 0.717) is 11.6 Å². The Balaban J connectivity index is 1.85. The Morgan fingerprint density at radius 3 is 2.90 bits per heavy atom. The molecule has 7 heteroatoms. The van der Waals surface area contributed by atoms with Gasteiger partial charge in [-0.15, -0.1) is 11.3 Å². The van der Waals surface area contributed by atoms with Crippen molar-refractivity contribution in [1.82, 2.24) is 10.3 Å². The fourth-order valence-corrected chi connectivity index (χ4v) is 2.91. The van der Waals surface area contributed by atoms with Gasteiger partial charge in [0.05, 0.1) is 17.9 Å². The predicted molar refractivity (Wildman–Crippen MR) is 78.1 cm³/mol. The van der Waals surface area contributed by atoms with Crippen molar-refractivity contribution >= 4 is 35.0 Å². The SMILES string of the molecule is O=C(CSc1ncccc1C(=O)O)NCc1cccs1. The molecule has 0 aliphatic rings. The third-order valence-electron chi connectivity index (χ3n) is 2.38. The normalized spacial score (nSPS) is 10.2. The van der Waals surface area contributed by atoms with Gasteiger partial charge >= 0.3 is 5.97 Å². The maximum atomic E-state index is 11.7. The number of carboxylic acids is 1. The highest BCUT2D eigenvalue weighted by Crippen LogP contribution is 2.19. The Morgan fingerprint density at radius 2 is 2.20 bits per heavy atom. The first-order chi connectivity index (χ1) is 9.66.